The first-order valence-electron chi connectivity index (χ1n) is 8.31. The maximum Gasteiger partial charge on any atom is 0.260 e. The SMILES string of the molecule is CN(C)CC(O)Cn1cc(NC(=O)c2c(O)ccc3ccccc23)cn1. The zero-order chi connectivity index (χ0) is 18.7. The van der Waals surface area contributed by atoms with Crippen LogP contribution in [0, 0.1) is 0 Å². The Morgan fingerprint density at radius 2 is 2.04 bits per heavy atom. The lowest BCUT2D eigenvalue weighted by Crippen LogP contribution is -2.29. The Morgan fingerprint density at radius 3 is 2.81 bits per heavy atom. The number of benzene rings is 2. The standard InChI is InChI=1S/C19H22N4O3/c1-22(2)11-15(24)12-23-10-14(9-20-23)21-19(26)18-16-6-4-3-5-13(16)7-8-17(18)25/h3-10,15,24-25H,11-12H2,1-2H3,(H,21,26). The average molecular weight is 354 g/mol. The number of anilines is 1. The lowest BCUT2D eigenvalue weighted by atomic mass is 10.0. The molecular weight excluding hydrogens is 332 g/mol. The third-order valence-electron chi connectivity index (χ3n) is 4.00. The van der Waals surface area contributed by atoms with Crippen LogP contribution in [0.25, 0.3) is 10.8 Å². The number of phenolic OH excluding ortho intramolecular Hbond substituents is 1. The molecule has 26 heavy (non-hydrogen) atoms. The van der Waals surface area contributed by atoms with Crippen molar-refractivity contribution < 1.29 is 15.0 Å². The summed E-state index contributed by atoms with van der Waals surface area (Å²) in [6.45, 7) is 0.846. The molecule has 7 heteroatoms. The van der Waals surface area contributed by atoms with Gasteiger partial charge < -0.3 is 20.4 Å². The molecule has 136 valence electrons. The van der Waals surface area contributed by atoms with Gasteiger partial charge in [-0.1, -0.05) is 30.3 Å². The van der Waals surface area contributed by atoms with Crippen LogP contribution in [0.5, 0.6) is 5.75 Å². The second kappa shape index (κ2) is 7.55. The second-order valence-electron chi connectivity index (χ2n) is 6.50. The van der Waals surface area contributed by atoms with Gasteiger partial charge in [-0.05, 0) is 30.9 Å². The number of amides is 1. The fourth-order valence-electron chi connectivity index (χ4n) is 2.92. The Labute approximate surface area is 151 Å². The van der Waals surface area contributed by atoms with Crippen molar-refractivity contribution >= 4 is 22.4 Å². The number of carbonyl (C=O) groups is 1. The van der Waals surface area contributed by atoms with E-state index in [4.69, 9.17) is 0 Å². The molecule has 3 aromatic rings. The molecule has 0 aliphatic rings. The number of nitrogens with zero attached hydrogens (tertiary/aromatic N) is 3. The maximum absolute atomic E-state index is 12.7. The van der Waals surface area contributed by atoms with Crippen molar-refractivity contribution in [3.63, 3.8) is 0 Å². The van der Waals surface area contributed by atoms with Gasteiger partial charge in [0.1, 0.15) is 5.75 Å². The first-order valence-corrected chi connectivity index (χ1v) is 8.31. The number of carbonyl (C=O) groups excluding carboxylic acids is 1. The van der Waals surface area contributed by atoms with Crippen LogP contribution >= 0.6 is 0 Å². The van der Waals surface area contributed by atoms with Crippen LogP contribution < -0.4 is 5.32 Å². The molecule has 0 radical (unpaired) electrons. The molecule has 3 N–H and O–H groups in total. The number of aromatic nitrogens is 2. The van der Waals surface area contributed by atoms with E-state index in [1.807, 2.05) is 37.2 Å². The molecule has 0 aliphatic carbocycles. The highest BCUT2D eigenvalue weighted by Gasteiger charge is 2.16. The number of phenols is 1. The van der Waals surface area contributed by atoms with Crippen LogP contribution in [0.4, 0.5) is 5.69 Å². The Balaban J connectivity index is 1.76. The van der Waals surface area contributed by atoms with Crippen molar-refractivity contribution in [3.8, 4) is 5.75 Å². The summed E-state index contributed by atoms with van der Waals surface area (Å²) in [5.74, 6) is -0.484. The number of aliphatic hydroxyl groups is 1. The Hall–Kier alpha value is -2.90. The second-order valence-corrected chi connectivity index (χ2v) is 6.50. The normalized spacial score (nSPS) is 12.5. The van der Waals surface area contributed by atoms with Crippen LogP contribution in [0.3, 0.4) is 0 Å². The molecule has 1 heterocycles. The number of hydrogen-bond acceptors (Lipinski definition) is 5. The van der Waals surface area contributed by atoms with Gasteiger partial charge in [0.25, 0.3) is 5.91 Å². The highest BCUT2D eigenvalue weighted by molar-refractivity contribution is 6.14. The molecule has 0 bridgehead atoms. The number of aromatic hydroxyl groups is 1. The molecule has 0 aliphatic heterocycles. The van der Waals surface area contributed by atoms with Gasteiger partial charge in [0, 0.05) is 12.7 Å². The van der Waals surface area contributed by atoms with Crippen LogP contribution in [-0.4, -0.2) is 57.5 Å². The van der Waals surface area contributed by atoms with Gasteiger partial charge in [0.2, 0.25) is 0 Å². The van der Waals surface area contributed by atoms with Crippen LogP contribution in [0.15, 0.2) is 48.8 Å². The summed E-state index contributed by atoms with van der Waals surface area (Å²) < 4.78 is 1.58. The Bertz CT molecular complexity index is 920. The van der Waals surface area contributed by atoms with E-state index in [9.17, 15) is 15.0 Å². The van der Waals surface area contributed by atoms with E-state index in [0.717, 1.165) is 5.39 Å². The van der Waals surface area contributed by atoms with E-state index in [1.54, 1.807) is 23.0 Å². The number of likely N-dealkylation sites (N-methyl/N-ethyl adjacent to an activating group) is 1. The minimum absolute atomic E-state index is 0.0741. The minimum atomic E-state index is -0.560. The number of fused-ring (bicyclic) bond motifs is 1. The summed E-state index contributed by atoms with van der Waals surface area (Å²) >= 11 is 0. The molecule has 3 rings (SSSR count). The number of hydrogen-bond donors (Lipinski definition) is 3. The first-order chi connectivity index (χ1) is 12.4. The molecule has 1 amide bonds. The highest BCUT2D eigenvalue weighted by atomic mass is 16.3. The van der Waals surface area contributed by atoms with Crippen molar-refractivity contribution in [1.82, 2.24) is 14.7 Å². The van der Waals surface area contributed by atoms with Crippen LogP contribution in [0.1, 0.15) is 10.4 Å². The van der Waals surface area contributed by atoms with E-state index in [2.05, 4.69) is 10.4 Å². The van der Waals surface area contributed by atoms with Gasteiger partial charge in [-0.15, -0.1) is 0 Å². The molecule has 7 nitrogen and oxygen atoms in total. The predicted molar refractivity (Wildman–Crippen MR) is 100 cm³/mol. The molecule has 0 fully saturated rings. The number of aliphatic hydroxyl groups excluding tert-OH is 1. The molecule has 1 atom stereocenters. The van der Waals surface area contributed by atoms with E-state index >= 15 is 0 Å². The summed E-state index contributed by atoms with van der Waals surface area (Å²) in [6.07, 6.45) is 2.61. The van der Waals surface area contributed by atoms with Gasteiger partial charge in [-0.2, -0.15) is 5.10 Å². The lowest BCUT2D eigenvalue weighted by Gasteiger charge is -2.15. The zero-order valence-corrected chi connectivity index (χ0v) is 14.8. The van der Waals surface area contributed by atoms with Gasteiger partial charge in [-0.3, -0.25) is 9.48 Å². The van der Waals surface area contributed by atoms with E-state index in [1.165, 1.54) is 12.3 Å². The molecule has 0 spiro atoms. The average Bonchev–Trinajstić information content (AvgIpc) is 3.00. The Morgan fingerprint density at radius 1 is 1.27 bits per heavy atom. The fourth-order valence-corrected chi connectivity index (χ4v) is 2.92. The largest absolute Gasteiger partial charge is 0.507 e. The number of rotatable bonds is 6. The third-order valence-corrected chi connectivity index (χ3v) is 4.00. The summed E-state index contributed by atoms with van der Waals surface area (Å²) in [6, 6.07) is 10.7. The molecule has 1 unspecified atom stereocenters. The van der Waals surface area contributed by atoms with E-state index < -0.39 is 12.0 Å². The van der Waals surface area contributed by atoms with Gasteiger partial charge in [0.15, 0.2) is 0 Å². The molecule has 1 aromatic heterocycles. The van der Waals surface area contributed by atoms with Crippen molar-refractivity contribution in [2.45, 2.75) is 12.6 Å². The van der Waals surface area contributed by atoms with E-state index in [-0.39, 0.29) is 11.3 Å². The summed E-state index contributed by atoms with van der Waals surface area (Å²) in [5, 5.41) is 28.6. The third kappa shape index (κ3) is 4.01. The predicted octanol–water partition coefficient (Wildman–Crippen LogP) is 1.92. The minimum Gasteiger partial charge on any atom is -0.507 e. The van der Waals surface area contributed by atoms with Crippen molar-refractivity contribution in [3.05, 3.63) is 54.4 Å². The van der Waals surface area contributed by atoms with Crippen molar-refractivity contribution in [2.24, 2.45) is 0 Å². The smallest absolute Gasteiger partial charge is 0.260 e. The summed E-state index contributed by atoms with van der Waals surface area (Å²) in [5.41, 5.74) is 0.725. The highest BCUT2D eigenvalue weighted by Crippen LogP contribution is 2.27. The fraction of sp³-hybridized carbons (Fsp3) is 0.263. The van der Waals surface area contributed by atoms with E-state index in [0.29, 0.717) is 24.2 Å². The quantitative estimate of drug-likeness (QED) is 0.629. The van der Waals surface area contributed by atoms with Crippen LogP contribution in [0.2, 0.25) is 0 Å². The van der Waals surface area contributed by atoms with Gasteiger partial charge in [-0.25, -0.2) is 0 Å². The topological polar surface area (TPSA) is 90.6 Å². The van der Waals surface area contributed by atoms with Gasteiger partial charge in [0.05, 0.1) is 30.1 Å². The maximum atomic E-state index is 12.7. The molecule has 2 aromatic carbocycles. The number of nitrogens with one attached hydrogen (secondary N) is 1. The summed E-state index contributed by atoms with van der Waals surface area (Å²) in [7, 11) is 3.77. The molecular formula is C19H22N4O3. The van der Waals surface area contributed by atoms with Crippen molar-refractivity contribution in [1.29, 1.82) is 0 Å². The monoisotopic (exact) mass is 354 g/mol. The summed E-state index contributed by atoms with van der Waals surface area (Å²) in [4.78, 5) is 14.6. The van der Waals surface area contributed by atoms with Crippen LogP contribution in [-0.2, 0) is 6.54 Å². The molecule has 0 saturated heterocycles. The molecule has 0 saturated carbocycles. The van der Waals surface area contributed by atoms with Crippen molar-refractivity contribution in [2.75, 3.05) is 26.0 Å². The first kappa shape index (κ1) is 17.9. The van der Waals surface area contributed by atoms with Gasteiger partial charge >= 0.3 is 0 Å². The zero-order valence-electron chi connectivity index (χ0n) is 14.8. The Kier molecular flexibility index (Phi) is 5.20. The lowest BCUT2D eigenvalue weighted by molar-refractivity contribution is 0.102.